The highest BCUT2D eigenvalue weighted by Gasteiger charge is 2.24. The van der Waals surface area contributed by atoms with Crippen LogP contribution < -0.4 is 10.6 Å². The van der Waals surface area contributed by atoms with Crippen molar-refractivity contribution in [3.63, 3.8) is 0 Å². The number of carbonyl (C=O) groups excluding carboxylic acids is 1. The summed E-state index contributed by atoms with van der Waals surface area (Å²) in [6.45, 7) is 0.415. The molecule has 3 aromatic rings. The van der Waals surface area contributed by atoms with Crippen molar-refractivity contribution in [2.45, 2.75) is 18.7 Å². The van der Waals surface area contributed by atoms with Gasteiger partial charge in [0.2, 0.25) is 0 Å². The highest BCUT2D eigenvalue weighted by Crippen LogP contribution is 2.28. The highest BCUT2D eigenvalue weighted by molar-refractivity contribution is 5.74. The fraction of sp³-hybridized carbons (Fsp3) is 0.190. The van der Waals surface area contributed by atoms with E-state index in [1.165, 1.54) is 0 Å². The Morgan fingerprint density at radius 1 is 0.962 bits per heavy atom. The van der Waals surface area contributed by atoms with E-state index in [1.807, 2.05) is 90.6 Å². The molecule has 0 bridgehead atoms. The maximum absolute atomic E-state index is 12.4. The average molecular weight is 349 g/mol. The van der Waals surface area contributed by atoms with E-state index in [1.54, 1.807) is 0 Å². The van der Waals surface area contributed by atoms with Gasteiger partial charge in [0.15, 0.2) is 0 Å². The van der Waals surface area contributed by atoms with Crippen LogP contribution in [0.1, 0.15) is 29.0 Å². The van der Waals surface area contributed by atoms with Gasteiger partial charge in [0, 0.05) is 18.9 Å². The fourth-order valence-electron chi connectivity index (χ4n) is 2.89. The number of aryl methyl sites for hydroxylation is 1. The number of hydrogen-bond acceptors (Lipinski definition) is 2. The van der Waals surface area contributed by atoms with Crippen LogP contribution in [-0.4, -0.2) is 15.7 Å². The second-order valence-electron chi connectivity index (χ2n) is 6.18. The summed E-state index contributed by atoms with van der Waals surface area (Å²) >= 11 is 0. The van der Waals surface area contributed by atoms with Crippen LogP contribution in [-0.2, 0) is 13.6 Å². The lowest BCUT2D eigenvalue weighted by molar-refractivity contribution is 0.130. The molecule has 5 nitrogen and oxygen atoms in total. The Balaban J connectivity index is 1.73. The molecule has 5 heteroatoms. The van der Waals surface area contributed by atoms with E-state index in [4.69, 9.17) is 0 Å². The van der Waals surface area contributed by atoms with Crippen molar-refractivity contribution in [3.8, 4) is 0 Å². The van der Waals surface area contributed by atoms with Gasteiger partial charge in [-0.05, 0) is 23.3 Å². The van der Waals surface area contributed by atoms with Gasteiger partial charge < -0.3 is 20.3 Å². The lowest BCUT2D eigenvalue weighted by Gasteiger charge is -2.25. The van der Waals surface area contributed by atoms with Crippen molar-refractivity contribution in [2.75, 3.05) is 0 Å². The van der Waals surface area contributed by atoms with Crippen LogP contribution in [0.2, 0.25) is 0 Å². The number of hydrogen-bond donors (Lipinski definition) is 3. The van der Waals surface area contributed by atoms with Crippen LogP contribution in [0.25, 0.3) is 0 Å². The number of nitrogens with one attached hydrogen (secondary N) is 2. The lowest BCUT2D eigenvalue weighted by Crippen LogP contribution is -2.40. The summed E-state index contributed by atoms with van der Waals surface area (Å²) in [6.07, 6.45) is 1.08. The van der Waals surface area contributed by atoms with Crippen molar-refractivity contribution >= 4 is 6.03 Å². The first-order valence-electron chi connectivity index (χ1n) is 8.57. The molecule has 0 aliphatic heterocycles. The molecule has 0 aliphatic carbocycles. The van der Waals surface area contributed by atoms with Gasteiger partial charge in [-0.2, -0.15) is 0 Å². The van der Waals surface area contributed by atoms with Crippen LogP contribution >= 0.6 is 0 Å². The third-order valence-electron chi connectivity index (χ3n) is 4.38. The first-order valence-corrected chi connectivity index (χ1v) is 8.57. The van der Waals surface area contributed by atoms with Gasteiger partial charge in [-0.3, -0.25) is 0 Å². The Kier molecular flexibility index (Phi) is 5.71. The molecular weight excluding hydrogens is 326 g/mol. The quantitative estimate of drug-likeness (QED) is 0.639. The van der Waals surface area contributed by atoms with Gasteiger partial charge in [0.1, 0.15) is 6.10 Å². The van der Waals surface area contributed by atoms with Gasteiger partial charge in [-0.15, -0.1) is 0 Å². The van der Waals surface area contributed by atoms with Gasteiger partial charge in [0.05, 0.1) is 12.6 Å². The number of aromatic nitrogens is 1. The SMILES string of the molecule is Cn1cccc1CNC(=O)N[C@@H](c1ccccc1)[C@H](O)c1ccccc1. The van der Waals surface area contributed by atoms with Gasteiger partial charge in [0.25, 0.3) is 0 Å². The molecule has 3 N–H and O–H groups in total. The number of amides is 2. The zero-order valence-corrected chi connectivity index (χ0v) is 14.7. The molecule has 0 spiro atoms. The van der Waals surface area contributed by atoms with E-state index < -0.39 is 12.1 Å². The minimum Gasteiger partial charge on any atom is -0.386 e. The molecule has 1 heterocycles. The molecule has 0 aliphatic rings. The fourth-order valence-corrected chi connectivity index (χ4v) is 2.89. The molecule has 0 saturated carbocycles. The maximum Gasteiger partial charge on any atom is 0.315 e. The number of urea groups is 1. The smallest absolute Gasteiger partial charge is 0.315 e. The van der Waals surface area contributed by atoms with Crippen molar-refractivity contribution in [1.82, 2.24) is 15.2 Å². The number of benzene rings is 2. The van der Waals surface area contributed by atoms with Crippen LogP contribution in [0, 0.1) is 0 Å². The summed E-state index contributed by atoms with van der Waals surface area (Å²) < 4.78 is 1.95. The molecule has 0 fully saturated rings. The van der Waals surface area contributed by atoms with Crippen LogP contribution in [0.5, 0.6) is 0 Å². The minimum atomic E-state index is -0.848. The van der Waals surface area contributed by atoms with Crippen molar-refractivity contribution in [1.29, 1.82) is 0 Å². The Labute approximate surface area is 153 Å². The molecular formula is C21H23N3O2. The standard InChI is InChI=1S/C21H23N3O2/c1-24-14-8-13-18(24)15-22-21(26)23-19(16-9-4-2-5-10-16)20(25)17-11-6-3-7-12-17/h2-14,19-20,25H,15H2,1H3,(H2,22,23,26)/t19-,20+/m0/s1. The van der Waals surface area contributed by atoms with Crippen molar-refractivity contribution < 1.29 is 9.90 Å². The van der Waals surface area contributed by atoms with Gasteiger partial charge in [-0.25, -0.2) is 4.79 Å². The third-order valence-corrected chi connectivity index (χ3v) is 4.38. The molecule has 134 valence electrons. The molecule has 26 heavy (non-hydrogen) atoms. The average Bonchev–Trinajstić information content (AvgIpc) is 3.10. The highest BCUT2D eigenvalue weighted by atomic mass is 16.3. The Morgan fingerprint density at radius 2 is 1.58 bits per heavy atom. The predicted octanol–water partition coefficient (Wildman–Crippen LogP) is 3.30. The van der Waals surface area contributed by atoms with Crippen LogP contribution in [0.3, 0.4) is 0 Å². The topological polar surface area (TPSA) is 66.3 Å². The number of aliphatic hydroxyl groups excluding tert-OH is 1. The summed E-state index contributed by atoms with van der Waals surface area (Å²) in [5.74, 6) is 0. The van der Waals surface area contributed by atoms with Crippen molar-refractivity contribution in [2.24, 2.45) is 7.05 Å². The second kappa shape index (κ2) is 8.36. The zero-order chi connectivity index (χ0) is 18.4. The summed E-state index contributed by atoms with van der Waals surface area (Å²) in [6, 6.07) is 21.8. The number of rotatable bonds is 6. The molecule has 0 unspecified atom stereocenters. The van der Waals surface area contributed by atoms with Crippen LogP contribution in [0.15, 0.2) is 79.0 Å². The van der Waals surface area contributed by atoms with Crippen LogP contribution in [0.4, 0.5) is 4.79 Å². The lowest BCUT2D eigenvalue weighted by atomic mass is 9.96. The van der Waals surface area contributed by atoms with E-state index in [0.717, 1.165) is 16.8 Å². The molecule has 1 aromatic heterocycles. The first-order chi connectivity index (χ1) is 12.6. The monoisotopic (exact) mass is 349 g/mol. The Bertz CT molecular complexity index is 831. The normalized spacial score (nSPS) is 13.0. The first kappa shape index (κ1) is 17.8. The largest absolute Gasteiger partial charge is 0.386 e. The third kappa shape index (κ3) is 4.32. The van der Waals surface area contributed by atoms with E-state index in [2.05, 4.69) is 10.6 Å². The zero-order valence-electron chi connectivity index (χ0n) is 14.7. The van der Waals surface area contributed by atoms with E-state index >= 15 is 0 Å². The van der Waals surface area contributed by atoms with Gasteiger partial charge in [-0.1, -0.05) is 60.7 Å². The van der Waals surface area contributed by atoms with E-state index in [0.29, 0.717) is 6.54 Å². The van der Waals surface area contributed by atoms with Gasteiger partial charge >= 0.3 is 6.03 Å². The number of nitrogens with zero attached hydrogens (tertiary/aromatic N) is 1. The van der Waals surface area contributed by atoms with E-state index in [-0.39, 0.29) is 6.03 Å². The molecule has 3 rings (SSSR count). The van der Waals surface area contributed by atoms with E-state index in [9.17, 15) is 9.90 Å². The second-order valence-corrected chi connectivity index (χ2v) is 6.18. The molecule has 0 saturated heterocycles. The summed E-state index contributed by atoms with van der Waals surface area (Å²) in [4.78, 5) is 12.4. The summed E-state index contributed by atoms with van der Waals surface area (Å²) in [5.41, 5.74) is 2.60. The molecule has 0 radical (unpaired) electrons. The summed E-state index contributed by atoms with van der Waals surface area (Å²) in [5, 5.41) is 16.6. The predicted molar refractivity (Wildman–Crippen MR) is 101 cm³/mol. The summed E-state index contributed by atoms with van der Waals surface area (Å²) in [7, 11) is 1.93. The minimum absolute atomic E-state index is 0.324. The number of carbonyl (C=O) groups is 1. The molecule has 2 aromatic carbocycles. The van der Waals surface area contributed by atoms with Crippen molar-refractivity contribution in [3.05, 3.63) is 95.8 Å². The molecule has 2 atom stereocenters. The Hall–Kier alpha value is -3.05. The number of aliphatic hydroxyl groups is 1. The molecule has 2 amide bonds. The Morgan fingerprint density at radius 3 is 2.15 bits per heavy atom. The maximum atomic E-state index is 12.4.